The van der Waals surface area contributed by atoms with E-state index in [1.807, 2.05) is 62.4 Å². The lowest BCUT2D eigenvalue weighted by Gasteiger charge is -2.12. The Morgan fingerprint density at radius 2 is 1.73 bits per heavy atom. The Morgan fingerprint density at radius 3 is 2.50 bits per heavy atom. The van der Waals surface area contributed by atoms with Crippen molar-refractivity contribution in [2.24, 2.45) is 0 Å². The molecule has 5 heteroatoms. The van der Waals surface area contributed by atoms with E-state index in [1.165, 1.54) is 0 Å². The fourth-order valence-corrected chi connectivity index (χ4v) is 3.57. The third kappa shape index (κ3) is 3.82. The summed E-state index contributed by atoms with van der Waals surface area (Å²) >= 11 is 0. The highest BCUT2D eigenvalue weighted by molar-refractivity contribution is 6.07. The fourth-order valence-electron chi connectivity index (χ4n) is 3.57. The summed E-state index contributed by atoms with van der Waals surface area (Å²) in [7, 11) is 0. The maximum Gasteiger partial charge on any atom is 0.259 e. The van der Waals surface area contributed by atoms with Crippen molar-refractivity contribution in [1.29, 1.82) is 0 Å². The minimum Gasteiger partial charge on any atom is -0.457 e. The Kier molecular flexibility index (Phi) is 5.35. The number of ether oxygens (including phenoxy) is 1. The summed E-state index contributed by atoms with van der Waals surface area (Å²) in [6.07, 6.45) is 0.674. The second-order valence-electron chi connectivity index (χ2n) is 7.04. The molecule has 0 fully saturated rings. The number of aromatic nitrogens is 1. The molecular weight excluding hydrogens is 376 g/mol. The Hall–Kier alpha value is -3.86. The molecule has 1 aromatic heterocycles. The molecule has 0 aliphatic heterocycles. The van der Waals surface area contributed by atoms with Crippen molar-refractivity contribution in [3.63, 3.8) is 0 Å². The third-order valence-electron chi connectivity index (χ3n) is 5.11. The van der Waals surface area contributed by atoms with E-state index in [-0.39, 0.29) is 11.5 Å². The Bertz CT molecular complexity index is 1280. The second kappa shape index (κ2) is 8.25. The average molecular weight is 398 g/mol. The van der Waals surface area contributed by atoms with E-state index >= 15 is 0 Å². The number of amides is 1. The molecule has 4 aromatic rings. The number of hydrogen-bond acceptors (Lipinski definition) is 3. The van der Waals surface area contributed by atoms with Crippen LogP contribution in [-0.4, -0.2) is 10.9 Å². The number of fused-ring (bicyclic) bond motifs is 1. The molecule has 150 valence electrons. The van der Waals surface area contributed by atoms with Gasteiger partial charge in [0.15, 0.2) is 0 Å². The van der Waals surface area contributed by atoms with Gasteiger partial charge < -0.3 is 15.0 Å². The highest BCUT2D eigenvalue weighted by Gasteiger charge is 2.14. The molecule has 4 rings (SSSR count). The topological polar surface area (TPSA) is 71.2 Å². The van der Waals surface area contributed by atoms with E-state index in [1.54, 1.807) is 24.3 Å². The summed E-state index contributed by atoms with van der Waals surface area (Å²) in [5, 5.41) is 3.87. The van der Waals surface area contributed by atoms with E-state index in [0.717, 1.165) is 16.5 Å². The molecule has 2 N–H and O–H groups in total. The van der Waals surface area contributed by atoms with Gasteiger partial charge in [0, 0.05) is 16.6 Å². The van der Waals surface area contributed by atoms with Crippen molar-refractivity contribution in [2.45, 2.75) is 20.3 Å². The number of carbonyl (C=O) groups excluding carboxylic acids is 1. The molecule has 0 saturated carbocycles. The first kappa shape index (κ1) is 19.5. The van der Waals surface area contributed by atoms with Crippen molar-refractivity contribution in [3.05, 3.63) is 99.8 Å². The molecular formula is C25H22N2O3. The minimum absolute atomic E-state index is 0.0902. The molecule has 0 aliphatic rings. The number of pyridine rings is 1. The lowest BCUT2D eigenvalue weighted by Crippen LogP contribution is -2.15. The van der Waals surface area contributed by atoms with Crippen molar-refractivity contribution >= 4 is 22.5 Å². The van der Waals surface area contributed by atoms with Crippen LogP contribution in [0.4, 0.5) is 5.69 Å². The van der Waals surface area contributed by atoms with E-state index in [9.17, 15) is 9.59 Å². The fraction of sp³-hybridized carbons (Fsp3) is 0.120. The van der Waals surface area contributed by atoms with Gasteiger partial charge in [0.1, 0.15) is 11.5 Å². The van der Waals surface area contributed by atoms with Crippen LogP contribution in [0.1, 0.15) is 28.4 Å². The molecule has 0 atom stereocenters. The SMILES string of the molecule is CCc1c(C)c2ccc(NC(=O)c3ccccc3Oc3ccccc3)cc2[nH]c1=O. The zero-order valence-electron chi connectivity index (χ0n) is 16.9. The van der Waals surface area contributed by atoms with Gasteiger partial charge in [0.2, 0.25) is 0 Å². The Balaban J connectivity index is 1.63. The van der Waals surface area contributed by atoms with Gasteiger partial charge in [-0.2, -0.15) is 0 Å². The molecule has 0 bridgehead atoms. The van der Waals surface area contributed by atoms with Crippen molar-refractivity contribution in [1.82, 2.24) is 4.98 Å². The van der Waals surface area contributed by atoms with Gasteiger partial charge >= 0.3 is 0 Å². The maximum absolute atomic E-state index is 12.9. The third-order valence-corrected chi connectivity index (χ3v) is 5.11. The number of hydrogen-bond donors (Lipinski definition) is 2. The maximum atomic E-state index is 12.9. The molecule has 0 saturated heterocycles. The van der Waals surface area contributed by atoms with E-state index < -0.39 is 0 Å². The van der Waals surface area contributed by atoms with Crippen LogP contribution in [0.15, 0.2) is 77.6 Å². The minimum atomic E-state index is -0.287. The van der Waals surface area contributed by atoms with Gasteiger partial charge in [0.05, 0.1) is 11.1 Å². The molecule has 5 nitrogen and oxygen atoms in total. The zero-order valence-corrected chi connectivity index (χ0v) is 16.9. The van der Waals surface area contributed by atoms with Crippen LogP contribution in [0.2, 0.25) is 0 Å². The molecule has 1 heterocycles. The molecule has 0 radical (unpaired) electrons. The van der Waals surface area contributed by atoms with Crippen LogP contribution in [-0.2, 0) is 6.42 Å². The highest BCUT2D eigenvalue weighted by atomic mass is 16.5. The summed E-state index contributed by atoms with van der Waals surface area (Å²) < 4.78 is 5.89. The van der Waals surface area contributed by atoms with Crippen molar-refractivity contribution in [2.75, 3.05) is 5.32 Å². The van der Waals surface area contributed by atoms with Crippen LogP contribution in [0.5, 0.6) is 11.5 Å². The van der Waals surface area contributed by atoms with E-state index in [2.05, 4.69) is 10.3 Å². The molecule has 0 aliphatic carbocycles. The van der Waals surface area contributed by atoms with Crippen LogP contribution in [0.25, 0.3) is 10.9 Å². The number of para-hydroxylation sites is 2. The quantitative estimate of drug-likeness (QED) is 0.470. The molecule has 1 amide bonds. The predicted molar refractivity (Wildman–Crippen MR) is 120 cm³/mol. The van der Waals surface area contributed by atoms with Gasteiger partial charge in [-0.05, 0) is 55.3 Å². The molecule has 0 unspecified atom stereocenters. The van der Waals surface area contributed by atoms with Crippen LogP contribution in [0, 0.1) is 6.92 Å². The van der Waals surface area contributed by atoms with Gasteiger partial charge in [-0.3, -0.25) is 9.59 Å². The van der Waals surface area contributed by atoms with Gasteiger partial charge in [-0.1, -0.05) is 43.3 Å². The number of benzene rings is 3. The smallest absolute Gasteiger partial charge is 0.259 e. The predicted octanol–water partition coefficient (Wildman–Crippen LogP) is 5.44. The molecule has 3 aromatic carbocycles. The zero-order chi connectivity index (χ0) is 21.1. The van der Waals surface area contributed by atoms with E-state index in [4.69, 9.17) is 4.74 Å². The van der Waals surface area contributed by atoms with Crippen molar-refractivity contribution < 1.29 is 9.53 Å². The van der Waals surface area contributed by atoms with Gasteiger partial charge in [-0.15, -0.1) is 0 Å². The number of aromatic amines is 1. The number of H-pyrrole nitrogens is 1. The first-order valence-electron chi connectivity index (χ1n) is 9.85. The first-order chi connectivity index (χ1) is 14.6. The monoisotopic (exact) mass is 398 g/mol. The standard InChI is InChI=1S/C25H22N2O3/c1-3-19-16(2)20-14-13-17(15-22(20)27-24(19)28)26-25(29)21-11-7-8-12-23(21)30-18-9-5-4-6-10-18/h4-15H,3H2,1-2H3,(H,26,29)(H,27,28). The van der Waals surface area contributed by atoms with Crippen LogP contribution in [0.3, 0.4) is 0 Å². The van der Waals surface area contributed by atoms with E-state index in [0.29, 0.717) is 34.7 Å². The number of carbonyl (C=O) groups is 1. The number of rotatable bonds is 5. The summed E-state index contributed by atoms with van der Waals surface area (Å²) in [6, 6.07) is 22.0. The van der Waals surface area contributed by atoms with Crippen molar-refractivity contribution in [3.8, 4) is 11.5 Å². The summed E-state index contributed by atoms with van der Waals surface area (Å²) in [5.74, 6) is 0.840. The van der Waals surface area contributed by atoms with Crippen LogP contribution < -0.4 is 15.6 Å². The summed E-state index contributed by atoms with van der Waals surface area (Å²) in [4.78, 5) is 28.1. The lowest BCUT2D eigenvalue weighted by atomic mass is 10.0. The Morgan fingerprint density at radius 1 is 1.00 bits per heavy atom. The first-order valence-corrected chi connectivity index (χ1v) is 9.85. The summed E-state index contributed by atoms with van der Waals surface area (Å²) in [5.41, 5.74) is 3.38. The molecule has 0 spiro atoms. The lowest BCUT2D eigenvalue weighted by molar-refractivity contribution is 0.102. The normalized spacial score (nSPS) is 10.7. The number of nitrogens with one attached hydrogen (secondary N) is 2. The second-order valence-corrected chi connectivity index (χ2v) is 7.04. The summed E-state index contributed by atoms with van der Waals surface area (Å²) in [6.45, 7) is 3.92. The number of anilines is 1. The highest BCUT2D eigenvalue weighted by Crippen LogP contribution is 2.27. The van der Waals surface area contributed by atoms with Gasteiger partial charge in [0.25, 0.3) is 11.5 Å². The molecule has 30 heavy (non-hydrogen) atoms. The van der Waals surface area contributed by atoms with Crippen LogP contribution >= 0.6 is 0 Å². The van der Waals surface area contributed by atoms with Gasteiger partial charge in [-0.25, -0.2) is 0 Å². The number of aryl methyl sites for hydroxylation is 1. The Labute approximate surface area is 174 Å². The largest absolute Gasteiger partial charge is 0.457 e. The average Bonchev–Trinajstić information content (AvgIpc) is 2.75.